The summed E-state index contributed by atoms with van der Waals surface area (Å²) in [5, 5.41) is 3.13. The van der Waals surface area contributed by atoms with Crippen LogP contribution in [0.1, 0.15) is 20.3 Å². The van der Waals surface area contributed by atoms with Crippen molar-refractivity contribution in [2.24, 2.45) is 0 Å². The van der Waals surface area contributed by atoms with Crippen molar-refractivity contribution in [3.63, 3.8) is 0 Å². The second-order valence-corrected chi connectivity index (χ2v) is 4.54. The van der Waals surface area contributed by atoms with Gasteiger partial charge in [-0.3, -0.25) is 4.98 Å². The molecule has 0 spiro atoms. The lowest BCUT2D eigenvalue weighted by Crippen LogP contribution is -2.48. The van der Waals surface area contributed by atoms with Gasteiger partial charge in [0.25, 0.3) is 0 Å². The van der Waals surface area contributed by atoms with Crippen molar-refractivity contribution in [1.82, 2.24) is 4.98 Å². The summed E-state index contributed by atoms with van der Waals surface area (Å²) in [5.41, 5.74) is 2.23. The van der Waals surface area contributed by atoms with Crippen LogP contribution in [0.4, 0.5) is 11.4 Å². The predicted octanol–water partition coefficient (Wildman–Crippen LogP) is 2.13. The van der Waals surface area contributed by atoms with E-state index in [0.717, 1.165) is 25.3 Å². The van der Waals surface area contributed by atoms with Gasteiger partial charge in [-0.15, -0.1) is 0 Å². The van der Waals surface area contributed by atoms with Crippen molar-refractivity contribution < 1.29 is 4.74 Å². The Kier molecular flexibility index (Phi) is 3.84. The van der Waals surface area contributed by atoms with Crippen molar-refractivity contribution >= 4 is 11.4 Å². The van der Waals surface area contributed by atoms with Crippen LogP contribution in [0.15, 0.2) is 18.5 Å². The molecule has 0 bridgehead atoms. The molecule has 0 aromatic carbocycles. The van der Waals surface area contributed by atoms with E-state index < -0.39 is 0 Å². The lowest BCUT2D eigenvalue weighted by atomic mass is 10.1. The number of rotatable bonds is 3. The standard InChI is InChI=1S/C13H21N3O/c1-4-12-9-17-10(2)8-16(12)13-5-11(14-3)6-15-7-13/h5-7,10,12,14H,4,8-9H2,1-3H3. The van der Waals surface area contributed by atoms with Gasteiger partial charge in [0, 0.05) is 13.6 Å². The largest absolute Gasteiger partial charge is 0.387 e. The molecule has 1 fully saturated rings. The van der Waals surface area contributed by atoms with Crippen LogP contribution in [-0.2, 0) is 4.74 Å². The Bertz CT molecular complexity index is 369. The molecule has 0 aliphatic carbocycles. The zero-order chi connectivity index (χ0) is 12.3. The summed E-state index contributed by atoms with van der Waals surface area (Å²) in [7, 11) is 1.92. The van der Waals surface area contributed by atoms with E-state index in [-0.39, 0.29) is 6.10 Å². The van der Waals surface area contributed by atoms with Gasteiger partial charge in [0.05, 0.1) is 42.5 Å². The maximum absolute atomic E-state index is 5.71. The van der Waals surface area contributed by atoms with E-state index in [9.17, 15) is 0 Å². The summed E-state index contributed by atoms with van der Waals surface area (Å²) >= 11 is 0. The van der Waals surface area contributed by atoms with Gasteiger partial charge in [-0.25, -0.2) is 0 Å². The summed E-state index contributed by atoms with van der Waals surface area (Å²) in [5.74, 6) is 0. The SMILES string of the molecule is CCC1COC(C)CN1c1cncc(NC)c1. The minimum atomic E-state index is 0.288. The number of nitrogens with one attached hydrogen (secondary N) is 1. The maximum Gasteiger partial charge on any atom is 0.0723 e. The average Bonchev–Trinajstić information content (AvgIpc) is 2.39. The highest BCUT2D eigenvalue weighted by molar-refractivity contribution is 5.56. The van der Waals surface area contributed by atoms with Gasteiger partial charge >= 0.3 is 0 Å². The fraction of sp³-hybridized carbons (Fsp3) is 0.615. The molecule has 0 amide bonds. The van der Waals surface area contributed by atoms with E-state index in [1.54, 1.807) is 0 Å². The average molecular weight is 235 g/mol. The van der Waals surface area contributed by atoms with E-state index >= 15 is 0 Å². The van der Waals surface area contributed by atoms with Crippen molar-refractivity contribution in [3.05, 3.63) is 18.5 Å². The molecule has 1 N–H and O–H groups in total. The molecule has 4 heteroatoms. The molecular weight excluding hydrogens is 214 g/mol. The normalized spacial score (nSPS) is 24.8. The summed E-state index contributed by atoms with van der Waals surface area (Å²) in [4.78, 5) is 6.68. The highest BCUT2D eigenvalue weighted by atomic mass is 16.5. The third-order valence-electron chi connectivity index (χ3n) is 3.28. The smallest absolute Gasteiger partial charge is 0.0723 e. The summed E-state index contributed by atoms with van der Waals surface area (Å²) < 4.78 is 5.71. The number of nitrogens with zero attached hydrogens (tertiary/aromatic N) is 2. The molecule has 2 atom stereocenters. The summed E-state index contributed by atoms with van der Waals surface area (Å²) in [6.45, 7) is 6.06. The highest BCUT2D eigenvalue weighted by Gasteiger charge is 2.25. The van der Waals surface area contributed by atoms with Crippen LogP contribution in [0.25, 0.3) is 0 Å². The number of pyridine rings is 1. The van der Waals surface area contributed by atoms with Crippen LogP contribution in [0, 0.1) is 0 Å². The van der Waals surface area contributed by atoms with Crippen LogP contribution < -0.4 is 10.2 Å². The van der Waals surface area contributed by atoms with Gasteiger partial charge in [-0.2, -0.15) is 0 Å². The number of hydrogen-bond donors (Lipinski definition) is 1. The first kappa shape index (κ1) is 12.2. The van der Waals surface area contributed by atoms with Crippen LogP contribution in [0.2, 0.25) is 0 Å². The van der Waals surface area contributed by atoms with Crippen molar-refractivity contribution in [2.75, 3.05) is 30.4 Å². The van der Waals surface area contributed by atoms with E-state index in [1.807, 2.05) is 19.4 Å². The monoisotopic (exact) mass is 235 g/mol. The molecule has 2 unspecified atom stereocenters. The Balaban J connectivity index is 2.22. The number of morpholine rings is 1. The second kappa shape index (κ2) is 5.36. The summed E-state index contributed by atoms with van der Waals surface area (Å²) in [6, 6.07) is 2.60. The van der Waals surface area contributed by atoms with Gasteiger partial charge in [0.15, 0.2) is 0 Å². The Morgan fingerprint density at radius 3 is 3.06 bits per heavy atom. The number of hydrogen-bond acceptors (Lipinski definition) is 4. The first-order valence-electron chi connectivity index (χ1n) is 6.25. The van der Waals surface area contributed by atoms with Crippen molar-refractivity contribution in [3.8, 4) is 0 Å². The lowest BCUT2D eigenvalue weighted by Gasteiger charge is -2.39. The highest BCUT2D eigenvalue weighted by Crippen LogP contribution is 2.24. The molecule has 94 valence electrons. The molecule has 1 aliphatic rings. The molecule has 1 aliphatic heterocycles. The third-order valence-corrected chi connectivity index (χ3v) is 3.28. The first-order chi connectivity index (χ1) is 8.24. The van der Waals surface area contributed by atoms with Crippen LogP contribution in [0.3, 0.4) is 0 Å². The molecule has 2 rings (SSSR count). The van der Waals surface area contributed by atoms with Crippen LogP contribution in [0.5, 0.6) is 0 Å². The molecule has 0 saturated carbocycles. The third kappa shape index (κ3) is 2.69. The molecule has 1 aromatic rings. The number of aromatic nitrogens is 1. The van der Waals surface area contributed by atoms with E-state index in [2.05, 4.69) is 35.1 Å². The first-order valence-corrected chi connectivity index (χ1v) is 6.25. The molecule has 4 nitrogen and oxygen atoms in total. The maximum atomic E-state index is 5.71. The van der Waals surface area contributed by atoms with Gasteiger partial charge < -0.3 is 15.0 Å². The van der Waals surface area contributed by atoms with Gasteiger partial charge in [0.2, 0.25) is 0 Å². The fourth-order valence-electron chi connectivity index (χ4n) is 2.22. The molecule has 1 aromatic heterocycles. The zero-order valence-corrected chi connectivity index (χ0v) is 10.8. The molecule has 0 radical (unpaired) electrons. The molecule has 2 heterocycles. The van der Waals surface area contributed by atoms with E-state index in [0.29, 0.717) is 6.04 Å². The Labute approximate surface area is 103 Å². The van der Waals surface area contributed by atoms with Crippen LogP contribution in [-0.4, -0.2) is 37.3 Å². The number of ether oxygens (including phenoxy) is 1. The Hall–Kier alpha value is -1.29. The fourth-order valence-corrected chi connectivity index (χ4v) is 2.22. The van der Waals surface area contributed by atoms with Crippen molar-refractivity contribution in [1.29, 1.82) is 0 Å². The lowest BCUT2D eigenvalue weighted by molar-refractivity contribution is 0.0299. The van der Waals surface area contributed by atoms with Gasteiger partial charge in [-0.05, 0) is 19.4 Å². The van der Waals surface area contributed by atoms with Crippen LogP contribution >= 0.6 is 0 Å². The second-order valence-electron chi connectivity index (χ2n) is 4.54. The zero-order valence-electron chi connectivity index (χ0n) is 10.8. The Morgan fingerprint density at radius 1 is 1.53 bits per heavy atom. The molecular formula is C13H21N3O. The minimum Gasteiger partial charge on any atom is -0.387 e. The number of anilines is 2. The van der Waals surface area contributed by atoms with Gasteiger partial charge in [-0.1, -0.05) is 6.92 Å². The van der Waals surface area contributed by atoms with E-state index in [4.69, 9.17) is 4.74 Å². The molecule has 1 saturated heterocycles. The quantitative estimate of drug-likeness (QED) is 0.871. The predicted molar refractivity (Wildman–Crippen MR) is 70.6 cm³/mol. The Morgan fingerprint density at radius 2 is 2.35 bits per heavy atom. The summed E-state index contributed by atoms with van der Waals surface area (Å²) in [6.07, 6.45) is 5.16. The van der Waals surface area contributed by atoms with Crippen molar-refractivity contribution in [2.45, 2.75) is 32.4 Å². The minimum absolute atomic E-state index is 0.288. The van der Waals surface area contributed by atoms with E-state index in [1.165, 1.54) is 5.69 Å². The van der Waals surface area contributed by atoms with Gasteiger partial charge in [0.1, 0.15) is 0 Å². The topological polar surface area (TPSA) is 37.4 Å². The molecule has 17 heavy (non-hydrogen) atoms.